The van der Waals surface area contributed by atoms with Crippen molar-refractivity contribution in [3.05, 3.63) is 53.8 Å². The van der Waals surface area contributed by atoms with E-state index in [4.69, 9.17) is 19.9 Å². The number of halogens is 2. The highest BCUT2D eigenvalue weighted by Crippen LogP contribution is 2.27. The van der Waals surface area contributed by atoms with E-state index in [1.807, 2.05) is 25.1 Å². The lowest BCUT2D eigenvalue weighted by atomic mass is 10.2. The summed E-state index contributed by atoms with van der Waals surface area (Å²) in [7, 11) is 3.17. The predicted octanol–water partition coefficient (Wildman–Crippen LogP) is 3.33. The molecule has 6 nitrogen and oxygen atoms in total. The Bertz CT molecular complexity index is 759. The van der Waals surface area contributed by atoms with Crippen LogP contribution in [-0.2, 0) is 6.54 Å². The second-order valence-electron chi connectivity index (χ2n) is 5.66. The molecule has 0 aromatic heterocycles. The van der Waals surface area contributed by atoms with E-state index < -0.39 is 0 Å². The lowest BCUT2D eigenvalue weighted by molar-refractivity contribution is 0.223. The van der Waals surface area contributed by atoms with Gasteiger partial charge in [-0.3, -0.25) is 0 Å². The normalized spacial score (nSPS) is 11.9. The Morgan fingerprint density at radius 2 is 1.89 bits per heavy atom. The second kappa shape index (κ2) is 11.5. The van der Waals surface area contributed by atoms with Crippen molar-refractivity contribution in [1.29, 1.82) is 0 Å². The molecular formula is C19H25FIN3O3. The first-order chi connectivity index (χ1) is 12.5. The Labute approximate surface area is 175 Å². The summed E-state index contributed by atoms with van der Waals surface area (Å²) in [4.78, 5) is 4.29. The molecule has 27 heavy (non-hydrogen) atoms. The van der Waals surface area contributed by atoms with Crippen molar-refractivity contribution in [2.45, 2.75) is 19.6 Å². The standard InChI is InChI=1S/C19H24FN3O3.HI/c1-13(26-16-6-4-5-15(20)10-16)11-22-19(21)23-12-14-7-8-17(24-2)18(9-14)25-3;/h4-10,13H,11-12H2,1-3H3,(H3,21,22,23);1H. The molecule has 0 aliphatic carbocycles. The van der Waals surface area contributed by atoms with Crippen LogP contribution < -0.4 is 25.3 Å². The van der Waals surface area contributed by atoms with Gasteiger partial charge in [-0.05, 0) is 36.8 Å². The first-order valence-electron chi connectivity index (χ1n) is 8.18. The molecule has 0 radical (unpaired) electrons. The van der Waals surface area contributed by atoms with E-state index in [0.717, 1.165) is 5.56 Å². The molecule has 0 aliphatic heterocycles. The highest BCUT2D eigenvalue weighted by Gasteiger charge is 2.06. The van der Waals surface area contributed by atoms with Gasteiger partial charge in [0.25, 0.3) is 0 Å². The number of aliphatic imine (C=N–C) groups is 1. The van der Waals surface area contributed by atoms with Gasteiger partial charge in [-0.15, -0.1) is 24.0 Å². The van der Waals surface area contributed by atoms with Crippen molar-refractivity contribution in [3.63, 3.8) is 0 Å². The molecule has 148 valence electrons. The zero-order valence-electron chi connectivity index (χ0n) is 15.6. The van der Waals surface area contributed by atoms with Gasteiger partial charge in [0.05, 0.1) is 27.3 Å². The monoisotopic (exact) mass is 489 g/mol. The van der Waals surface area contributed by atoms with Gasteiger partial charge >= 0.3 is 0 Å². The summed E-state index contributed by atoms with van der Waals surface area (Å²) >= 11 is 0. The first-order valence-corrected chi connectivity index (χ1v) is 8.18. The number of hydrogen-bond acceptors (Lipinski definition) is 4. The van der Waals surface area contributed by atoms with Crippen LogP contribution in [0.3, 0.4) is 0 Å². The molecule has 0 fully saturated rings. The summed E-state index contributed by atoms with van der Waals surface area (Å²) in [6, 6.07) is 11.6. The molecule has 1 atom stereocenters. The fraction of sp³-hybridized carbons (Fsp3) is 0.316. The summed E-state index contributed by atoms with van der Waals surface area (Å²) < 4.78 is 29.2. The SMILES string of the molecule is COc1ccc(CN=C(N)NCC(C)Oc2cccc(F)c2)cc1OC.I. The van der Waals surface area contributed by atoms with Crippen LogP contribution in [0.2, 0.25) is 0 Å². The molecule has 0 bridgehead atoms. The molecule has 0 amide bonds. The van der Waals surface area contributed by atoms with Gasteiger partial charge in [0, 0.05) is 6.07 Å². The molecule has 2 aromatic rings. The molecule has 1 unspecified atom stereocenters. The second-order valence-corrected chi connectivity index (χ2v) is 5.66. The van der Waals surface area contributed by atoms with Gasteiger partial charge in [0.1, 0.15) is 17.7 Å². The largest absolute Gasteiger partial charge is 0.493 e. The maximum Gasteiger partial charge on any atom is 0.189 e. The van der Waals surface area contributed by atoms with Crippen molar-refractivity contribution in [3.8, 4) is 17.2 Å². The van der Waals surface area contributed by atoms with Crippen molar-refractivity contribution in [2.24, 2.45) is 10.7 Å². The molecule has 2 aromatic carbocycles. The highest BCUT2D eigenvalue weighted by atomic mass is 127. The molecule has 0 spiro atoms. The Balaban J connectivity index is 0.00000364. The van der Waals surface area contributed by atoms with Gasteiger partial charge in [-0.2, -0.15) is 0 Å². The first kappa shape index (κ1) is 22.8. The topological polar surface area (TPSA) is 78.1 Å². The van der Waals surface area contributed by atoms with Crippen LogP contribution in [0.4, 0.5) is 4.39 Å². The van der Waals surface area contributed by atoms with Gasteiger partial charge in [-0.1, -0.05) is 12.1 Å². The van der Waals surface area contributed by atoms with Crippen LogP contribution in [0.15, 0.2) is 47.5 Å². The maximum absolute atomic E-state index is 13.1. The number of nitrogens with two attached hydrogens (primary N) is 1. The van der Waals surface area contributed by atoms with Crippen molar-refractivity contribution < 1.29 is 18.6 Å². The Kier molecular flexibility index (Phi) is 9.70. The van der Waals surface area contributed by atoms with Gasteiger partial charge in [0.15, 0.2) is 17.5 Å². The minimum absolute atomic E-state index is 0. The average molecular weight is 489 g/mol. The average Bonchev–Trinajstić information content (AvgIpc) is 2.64. The van der Waals surface area contributed by atoms with Crippen LogP contribution in [0.5, 0.6) is 17.2 Å². The van der Waals surface area contributed by atoms with Crippen molar-refractivity contribution in [2.75, 3.05) is 20.8 Å². The summed E-state index contributed by atoms with van der Waals surface area (Å²) in [5, 5.41) is 2.99. The van der Waals surface area contributed by atoms with Crippen molar-refractivity contribution in [1.82, 2.24) is 5.32 Å². The summed E-state index contributed by atoms with van der Waals surface area (Å²) in [5.74, 6) is 1.74. The summed E-state index contributed by atoms with van der Waals surface area (Å²) in [6.45, 7) is 2.70. The third-order valence-electron chi connectivity index (χ3n) is 3.58. The van der Waals surface area contributed by atoms with Crippen LogP contribution >= 0.6 is 24.0 Å². The lowest BCUT2D eigenvalue weighted by Crippen LogP contribution is -2.38. The van der Waals surface area contributed by atoms with Crippen LogP contribution in [-0.4, -0.2) is 32.8 Å². The molecule has 0 saturated carbocycles. The zero-order chi connectivity index (χ0) is 18.9. The zero-order valence-corrected chi connectivity index (χ0v) is 17.9. The number of methoxy groups -OCH3 is 2. The van der Waals surface area contributed by atoms with Crippen LogP contribution in [0.1, 0.15) is 12.5 Å². The third kappa shape index (κ3) is 7.49. The van der Waals surface area contributed by atoms with E-state index in [9.17, 15) is 4.39 Å². The van der Waals surface area contributed by atoms with Gasteiger partial charge in [-0.25, -0.2) is 9.38 Å². The minimum Gasteiger partial charge on any atom is -0.493 e. The van der Waals surface area contributed by atoms with Gasteiger partial charge < -0.3 is 25.3 Å². The third-order valence-corrected chi connectivity index (χ3v) is 3.58. The molecule has 3 N–H and O–H groups in total. The number of nitrogens with one attached hydrogen (secondary N) is 1. The Hall–Kier alpha value is -2.23. The molecule has 8 heteroatoms. The molecular weight excluding hydrogens is 464 g/mol. The molecule has 2 rings (SSSR count). The fourth-order valence-electron chi connectivity index (χ4n) is 2.27. The number of ether oxygens (including phenoxy) is 3. The van der Waals surface area contributed by atoms with Gasteiger partial charge in [0.2, 0.25) is 0 Å². The number of hydrogen-bond donors (Lipinski definition) is 2. The Morgan fingerprint density at radius 1 is 1.15 bits per heavy atom. The van der Waals surface area contributed by atoms with Crippen LogP contribution in [0, 0.1) is 5.82 Å². The van der Waals surface area contributed by atoms with E-state index in [2.05, 4.69) is 10.3 Å². The van der Waals surface area contributed by atoms with E-state index >= 15 is 0 Å². The fourth-order valence-corrected chi connectivity index (χ4v) is 2.27. The van der Waals surface area contributed by atoms with E-state index in [1.54, 1.807) is 26.4 Å². The quantitative estimate of drug-likeness (QED) is 0.338. The molecule has 0 aliphatic rings. The van der Waals surface area contributed by atoms with E-state index in [0.29, 0.717) is 36.3 Å². The summed E-state index contributed by atoms with van der Waals surface area (Å²) in [6.07, 6.45) is -0.202. The molecule has 0 heterocycles. The van der Waals surface area contributed by atoms with E-state index in [1.165, 1.54) is 12.1 Å². The maximum atomic E-state index is 13.1. The number of nitrogens with zero attached hydrogens (tertiary/aromatic N) is 1. The van der Waals surface area contributed by atoms with Crippen molar-refractivity contribution >= 4 is 29.9 Å². The lowest BCUT2D eigenvalue weighted by Gasteiger charge is -2.16. The van der Waals surface area contributed by atoms with E-state index in [-0.39, 0.29) is 35.9 Å². The van der Waals surface area contributed by atoms with Crippen LogP contribution in [0.25, 0.3) is 0 Å². The summed E-state index contributed by atoms with van der Waals surface area (Å²) in [5.41, 5.74) is 6.82. The Morgan fingerprint density at radius 3 is 2.56 bits per heavy atom. The minimum atomic E-state index is -0.335. The molecule has 0 saturated heterocycles. The number of guanidine groups is 1. The predicted molar refractivity (Wildman–Crippen MR) is 115 cm³/mol. The number of benzene rings is 2. The highest BCUT2D eigenvalue weighted by molar-refractivity contribution is 14.0. The number of rotatable bonds is 8. The smallest absolute Gasteiger partial charge is 0.189 e.